The van der Waals surface area contributed by atoms with Gasteiger partial charge in [0.15, 0.2) is 0 Å². The minimum Gasteiger partial charge on any atom is -0.318 e. The van der Waals surface area contributed by atoms with Crippen LogP contribution in [0.15, 0.2) is 54.6 Å². The van der Waals surface area contributed by atoms with Crippen molar-refractivity contribution in [2.45, 2.75) is 37.6 Å². The molecule has 2 aromatic rings. The Labute approximate surface area is 190 Å². The Kier molecular flexibility index (Phi) is 5.78. The summed E-state index contributed by atoms with van der Waals surface area (Å²) >= 11 is 6.05. The van der Waals surface area contributed by atoms with E-state index in [1.807, 2.05) is 18.2 Å². The third kappa shape index (κ3) is 4.00. The minimum atomic E-state index is -0.157. The number of hydrogen-bond acceptors (Lipinski definition) is 4. The van der Waals surface area contributed by atoms with E-state index in [1.54, 1.807) is 0 Å². The molecule has 2 aromatic carbocycles. The van der Waals surface area contributed by atoms with Gasteiger partial charge in [0.05, 0.1) is 5.66 Å². The molecule has 31 heavy (non-hydrogen) atoms. The van der Waals surface area contributed by atoms with Crippen LogP contribution in [-0.4, -0.2) is 77.0 Å². The van der Waals surface area contributed by atoms with Gasteiger partial charge in [-0.25, -0.2) is 0 Å². The van der Waals surface area contributed by atoms with Gasteiger partial charge < -0.3 is 9.80 Å². The van der Waals surface area contributed by atoms with E-state index in [-0.39, 0.29) is 11.7 Å². The molecule has 5 rings (SSSR count). The summed E-state index contributed by atoms with van der Waals surface area (Å²) in [5.41, 5.74) is 2.35. The van der Waals surface area contributed by atoms with Crippen molar-refractivity contribution in [2.24, 2.45) is 0 Å². The molecule has 0 N–H and O–H groups in total. The highest BCUT2D eigenvalue weighted by molar-refractivity contribution is 6.30. The van der Waals surface area contributed by atoms with Gasteiger partial charge in [0, 0.05) is 50.8 Å². The lowest BCUT2D eigenvalue weighted by Crippen LogP contribution is -2.63. The fraction of sp³-hybridized carbons (Fsp3) is 0.480. The lowest BCUT2D eigenvalue weighted by Gasteiger charge is -2.51. The van der Waals surface area contributed by atoms with Gasteiger partial charge in [-0.2, -0.15) is 0 Å². The molecule has 0 aromatic heterocycles. The van der Waals surface area contributed by atoms with Crippen LogP contribution < -0.4 is 0 Å². The van der Waals surface area contributed by atoms with Crippen molar-refractivity contribution in [3.05, 3.63) is 70.7 Å². The molecule has 6 heteroatoms. The Balaban J connectivity index is 1.36. The third-order valence-corrected chi connectivity index (χ3v) is 7.58. The zero-order valence-corrected chi connectivity index (χ0v) is 19.0. The van der Waals surface area contributed by atoms with E-state index in [2.05, 4.69) is 63.0 Å². The molecule has 1 atom stereocenters. The second-order valence-corrected chi connectivity index (χ2v) is 9.70. The molecular formula is C25H31ClN4O. The number of piperazine rings is 1. The number of rotatable bonds is 4. The summed E-state index contributed by atoms with van der Waals surface area (Å²) in [5.74, 6) is 0.307. The molecule has 3 aliphatic heterocycles. The highest BCUT2D eigenvalue weighted by atomic mass is 35.5. The lowest BCUT2D eigenvalue weighted by atomic mass is 9.92. The van der Waals surface area contributed by atoms with Gasteiger partial charge >= 0.3 is 0 Å². The van der Waals surface area contributed by atoms with Crippen LogP contribution in [0, 0.1) is 0 Å². The number of amides is 1. The molecule has 3 heterocycles. The summed E-state index contributed by atoms with van der Waals surface area (Å²) in [6.07, 6.45) is 2.00. The van der Waals surface area contributed by atoms with Gasteiger partial charge in [0.1, 0.15) is 6.04 Å². The van der Waals surface area contributed by atoms with E-state index in [9.17, 15) is 4.79 Å². The Morgan fingerprint density at radius 3 is 2.29 bits per heavy atom. The first-order valence-corrected chi connectivity index (χ1v) is 11.7. The van der Waals surface area contributed by atoms with E-state index >= 15 is 0 Å². The molecular weight excluding hydrogens is 408 g/mol. The van der Waals surface area contributed by atoms with Crippen molar-refractivity contribution in [2.75, 3.05) is 39.8 Å². The number of carbonyl (C=O) groups excluding carboxylic acids is 1. The first-order chi connectivity index (χ1) is 15.0. The number of benzene rings is 2. The van der Waals surface area contributed by atoms with Crippen LogP contribution in [0.2, 0.25) is 5.02 Å². The van der Waals surface area contributed by atoms with Crippen molar-refractivity contribution >= 4 is 17.5 Å². The average molecular weight is 439 g/mol. The first kappa shape index (κ1) is 21.0. The predicted molar refractivity (Wildman–Crippen MR) is 124 cm³/mol. The molecule has 0 saturated carbocycles. The summed E-state index contributed by atoms with van der Waals surface area (Å²) < 4.78 is 0. The van der Waals surface area contributed by atoms with Crippen molar-refractivity contribution in [3.8, 4) is 0 Å². The Morgan fingerprint density at radius 1 is 0.903 bits per heavy atom. The maximum Gasteiger partial charge on any atom is 0.243 e. The standard InChI is InChI=1S/C25H31ClN4O/c1-27-15-16-29-23(19-27)24(31)30(18-20-5-3-2-4-6-20)25(29)11-13-28(14-12-25)17-21-7-9-22(26)10-8-21/h2-10,23H,11-19H2,1H3/t23-/m1/s1. The van der Waals surface area contributed by atoms with Crippen LogP contribution in [-0.2, 0) is 17.9 Å². The van der Waals surface area contributed by atoms with E-state index in [0.717, 1.165) is 57.1 Å². The highest BCUT2D eigenvalue weighted by Gasteiger charge is 2.58. The number of likely N-dealkylation sites (N-methyl/N-ethyl adjacent to an activating group) is 1. The molecule has 0 unspecified atom stereocenters. The summed E-state index contributed by atoms with van der Waals surface area (Å²) in [7, 11) is 2.13. The maximum atomic E-state index is 13.6. The molecule has 1 spiro atoms. The van der Waals surface area contributed by atoms with Crippen LogP contribution >= 0.6 is 11.6 Å². The molecule has 1 amide bonds. The molecule has 164 valence electrons. The number of carbonyl (C=O) groups is 1. The zero-order valence-electron chi connectivity index (χ0n) is 18.2. The van der Waals surface area contributed by atoms with Crippen LogP contribution in [0.5, 0.6) is 0 Å². The van der Waals surface area contributed by atoms with Crippen molar-refractivity contribution in [3.63, 3.8) is 0 Å². The van der Waals surface area contributed by atoms with Crippen LogP contribution in [0.1, 0.15) is 24.0 Å². The molecule has 3 fully saturated rings. The number of nitrogens with zero attached hydrogens (tertiary/aromatic N) is 4. The molecule has 0 bridgehead atoms. The normalized spacial score (nSPS) is 24.6. The average Bonchev–Trinajstić information content (AvgIpc) is 3.00. The largest absolute Gasteiger partial charge is 0.318 e. The first-order valence-electron chi connectivity index (χ1n) is 11.3. The van der Waals surface area contributed by atoms with Gasteiger partial charge in [-0.05, 0) is 43.1 Å². The SMILES string of the molecule is CN1CCN2[C@H](C1)C(=O)N(Cc1ccccc1)C21CCN(Cc2ccc(Cl)cc2)CC1. The van der Waals surface area contributed by atoms with Crippen LogP contribution in [0.3, 0.4) is 0 Å². The van der Waals surface area contributed by atoms with Gasteiger partial charge in [-0.1, -0.05) is 54.1 Å². The second-order valence-electron chi connectivity index (χ2n) is 9.27. The topological polar surface area (TPSA) is 30.0 Å². The summed E-state index contributed by atoms with van der Waals surface area (Å²) in [5, 5.41) is 0.781. The van der Waals surface area contributed by atoms with Crippen LogP contribution in [0.4, 0.5) is 0 Å². The Hall–Kier alpha value is -1.92. The molecule has 0 aliphatic carbocycles. The molecule has 3 aliphatic rings. The fourth-order valence-corrected chi connectivity index (χ4v) is 5.76. The quantitative estimate of drug-likeness (QED) is 0.732. The van der Waals surface area contributed by atoms with E-state index in [1.165, 1.54) is 11.1 Å². The van der Waals surface area contributed by atoms with Gasteiger partial charge in [0.2, 0.25) is 5.91 Å². The fourth-order valence-electron chi connectivity index (χ4n) is 5.63. The number of likely N-dealkylation sites (tertiary alicyclic amines) is 1. The summed E-state index contributed by atoms with van der Waals surface area (Å²) in [6, 6.07) is 18.6. The zero-order chi connectivity index (χ0) is 21.4. The van der Waals surface area contributed by atoms with E-state index in [0.29, 0.717) is 12.5 Å². The highest BCUT2D eigenvalue weighted by Crippen LogP contribution is 2.42. The maximum absolute atomic E-state index is 13.6. The molecule has 3 saturated heterocycles. The number of fused-ring (bicyclic) bond motifs is 2. The summed E-state index contributed by atoms with van der Waals surface area (Å²) in [4.78, 5) is 23.2. The second kappa shape index (κ2) is 8.55. The summed E-state index contributed by atoms with van der Waals surface area (Å²) in [6.45, 7) is 6.47. The van der Waals surface area contributed by atoms with Crippen molar-refractivity contribution in [1.29, 1.82) is 0 Å². The molecule has 0 radical (unpaired) electrons. The lowest BCUT2D eigenvalue weighted by molar-refractivity contribution is -0.135. The third-order valence-electron chi connectivity index (χ3n) is 7.33. The Bertz CT molecular complexity index is 911. The Morgan fingerprint density at radius 2 is 1.58 bits per heavy atom. The van der Waals surface area contributed by atoms with E-state index < -0.39 is 0 Å². The number of piperidine rings is 1. The minimum absolute atomic E-state index is 0.00900. The van der Waals surface area contributed by atoms with Gasteiger partial charge in [-0.15, -0.1) is 0 Å². The molecule has 5 nitrogen and oxygen atoms in total. The van der Waals surface area contributed by atoms with Gasteiger partial charge in [-0.3, -0.25) is 14.6 Å². The smallest absolute Gasteiger partial charge is 0.243 e. The number of halogens is 1. The van der Waals surface area contributed by atoms with E-state index in [4.69, 9.17) is 11.6 Å². The predicted octanol–water partition coefficient (Wildman–Crippen LogP) is 3.29. The number of hydrogen-bond donors (Lipinski definition) is 0. The van der Waals surface area contributed by atoms with Crippen molar-refractivity contribution < 1.29 is 4.79 Å². The van der Waals surface area contributed by atoms with Crippen LogP contribution in [0.25, 0.3) is 0 Å². The van der Waals surface area contributed by atoms with Gasteiger partial charge in [0.25, 0.3) is 0 Å². The van der Waals surface area contributed by atoms with Crippen molar-refractivity contribution in [1.82, 2.24) is 19.6 Å². The monoisotopic (exact) mass is 438 g/mol.